The van der Waals surface area contributed by atoms with Gasteiger partial charge in [-0.3, -0.25) is 20.2 Å². The number of nitrogens with zero attached hydrogens (tertiary/aromatic N) is 4. The smallest absolute Gasteiger partial charge is 0.345 e. The van der Waals surface area contributed by atoms with Crippen molar-refractivity contribution in [3.63, 3.8) is 0 Å². The summed E-state index contributed by atoms with van der Waals surface area (Å²) in [6, 6.07) is 12.3. The number of nitriles is 1. The molecule has 14 heteroatoms. The van der Waals surface area contributed by atoms with Crippen molar-refractivity contribution < 1.29 is 18.9 Å². The van der Waals surface area contributed by atoms with Gasteiger partial charge in [0.05, 0.1) is 21.8 Å². The summed E-state index contributed by atoms with van der Waals surface area (Å²) in [6.45, 7) is -0.400. The van der Waals surface area contributed by atoms with Crippen LogP contribution in [0, 0.1) is 21.4 Å². The minimum atomic E-state index is -0.612. The Hall–Kier alpha value is -4.90. The first-order chi connectivity index (χ1) is 19.3. The van der Waals surface area contributed by atoms with E-state index in [0.717, 1.165) is 11.3 Å². The number of ether oxygens (including phenoxy) is 1. The van der Waals surface area contributed by atoms with E-state index in [9.17, 15) is 25.0 Å². The van der Waals surface area contributed by atoms with Crippen molar-refractivity contribution in [1.29, 1.82) is 5.26 Å². The van der Waals surface area contributed by atoms with Crippen molar-refractivity contribution in [2.24, 2.45) is 0 Å². The SMILES string of the molecule is N#C/C(=C\c1cc([N+](=O)[O-])ccc1OCC(=O)Nc1nccs1)c1nc(-c2cc3cc(Cl)ccc3oc2=O)cs1. The molecule has 11 nitrogen and oxygen atoms in total. The van der Waals surface area contributed by atoms with Gasteiger partial charge in [-0.25, -0.2) is 14.8 Å². The second-order valence-corrected chi connectivity index (χ2v) is 10.2. The zero-order chi connectivity index (χ0) is 28.2. The zero-order valence-electron chi connectivity index (χ0n) is 20.0. The zero-order valence-corrected chi connectivity index (χ0v) is 22.4. The van der Waals surface area contributed by atoms with Crippen molar-refractivity contribution in [2.45, 2.75) is 0 Å². The molecule has 1 amide bonds. The standard InChI is InChI=1S/C26H14ClN5O6S2/c27-17-1-3-22-15(8-17)10-19(25(34)38-22)20-13-40-24(30-20)16(11-28)7-14-9-18(32(35)36)2-4-21(14)37-12-23(33)31-26-29-5-6-39-26/h1-10,13H,12H2,(H,29,31,33)/b16-7+. The number of nitro groups is 1. The fraction of sp³-hybridized carbons (Fsp3) is 0.0385. The maximum absolute atomic E-state index is 12.6. The van der Waals surface area contributed by atoms with Crippen LogP contribution in [0.25, 0.3) is 33.9 Å². The number of amides is 1. The van der Waals surface area contributed by atoms with Gasteiger partial charge in [-0.05, 0) is 36.4 Å². The van der Waals surface area contributed by atoms with Gasteiger partial charge >= 0.3 is 5.63 Å². The summed E-state index contributed by atoms with van der Waals surface area (Å²) in [4.78, 5) is 44.0. The number of allylic oxidation sites excluding steroid dienone is 1. The second kappa shape index (κ2) is 11.5. The monoisotopic (exact) mass is 591 g/mol. The summed E-state index contributed by atoms with van der Waals surface area (Å²) in [5, 5.41) is 28.9. The summed E-state index contributed by atoms with van der Waals surface area (Å²) < 4.78 is 11.0. The fourth-order valence-electron chi connectivity index (χ4n) is 3.57. The second-order valence-electron chi connectivity index (χ2n) is 7.99. The molecule has 198 valence electrons. The molecule has 2 aromatic carbocycles. The molecule has 0 bridgehead atoms. The molecule has 0 unspecified atom stereocenters. The van der Waals surface area contributed by atoms with Crippen LogP contribution in [0.1, 0.15) is 10.6 Å². The highest BCUT2D eigenvalue weighted by Crippen LogP contribution is 2.31. The Kier molecular flexibility index (Phi) is 7.65. The van der Waals surface area contributed by atoms with Crippen LogP contribution in [0.2, 0.25) is 5.02 Å². The van der Waals surface area contributed by atoms with E-state index < -0.39 is 23.1 Å². The van der Waals surface area contributed by atoms with Gasteiger partial charge in [0.1, 0.15) is 22.4 Å². The van der Waals surface area contributed by atoms with Crippen LogP contribution in [0.15, 0.2) is 68.6 Å². The first kappa shape index (κ1) is 26.7. The average molecular weight is 592 g/mol. The molecule has 0 saturated carbocycles. The molecular formula is C26H14ClN5O6S2. The Morgan fingerprint density at radius 3 is 2.85 bits per heavy atom. The normalized spacial score (nSPS) is 11.2. The Bertz CT molecular complexity index is 1890. The number of aromatic nitrogens is 2. The van der Waals surface area contributed by atoms with Crippen LogP contribution in [0.5, 0.6) is 5.75 Å². The van der Waals surface area contributed by atoms with Crippen LogP contribution in [0.4, 0.5) is 10.8 Å². The quantitative estimate of drug-likeness (QED) is 0.0984. The lowest BCUT2D eigenvalue weighted by Crippen LogP contribution is -2.20. The summed E-state index contributed by atoms with van der Waals surface area (Å²) in [7, 11) is 0. The van der Waals surface area contributed by atoms with Crippen molar-refractivity contribution in [1.82, 2.24) is 9.97 Å². The summed E-state index contributed by atoms with van der Waals surface area (Å²) in [5.41, 5.74) is 0.220. The van der Waals surface area contributed by atoms with Gasteiger partial charge in [0.15, 0.2) is 11.7 Å². The molecule has 0 fully saturated rings. The van der Waals surface area contributed by atoms with Crippen LogP contribution in [-0.4, -0.2) is 27.4 Å². The number of nitrogens with one attached hydrogen (secondary N) is 1. The van der Waals surface area contributed by atoms with Gasteiger partial charge in [-0.15, -0.1) is 22.7 Å². The molecule has 0 aliphatic carbocycles. The number of carbonyl (C=O) groups is 1. The first-order valence-corrected chi connectivity index (χ1v) is 13.4. The highest BCUT2D eigenvalue weighted by molar-refractivity contribution is 7.13. The highest BCUT2D eigenvalue weighted by Gasteiger charge is 2.17. The van der Waals surface area contributed by atoms with E-state index in [-0.39, 0.29) is 38.8 Å². The van der Waals surface area contributed by atoms with Crippen molar-refractivity contribution in [3.05, 3.63) is 95.5 Å². The van der Waals surface area contributed by atoms with E-state index in [1.54, 1.807) is 35.0 Å². The molecule has 3 aromatic heterocycles. The Labute approximate surface area is 237 Å². The average Bonchev–Trinajstić information content (AvgIpc) is 3.63. The van der Waals surface area contributed by atoms with E-state index in [1.165, 1.54) is 41.8 Å². The molecular weight excluding hydrogens is 578 g/mol. The van der Waals surface area contributed by atoms with E-state index in [0.29, 0.717) is 21.1 Å². The van der Waals surface area contributed by atoms with E-state index in [1.807, 2.05) is 6.07 Å². The lowest BCUT2D eigenvalue weighted by molar-refractivity contribution is -0.384. The maximum Gasteiger partial charge on any atom is 0.345 e. The molecule has 0 aliphatic rings. The topological polar surface area (TPSA) is 161 Å². The van der Waals surface area contributed by atoms with Crippen molar-refractivity contribution >= 4 is 73.6 Å². The third kappa shape index (κ3) is 5.89. The predicted octanol–water partition coefficient (Wildman–Crippen LogP) is 6.02. The molecule has 0 atom stereocenters. The van der Waals surface area contributed by atoms with Crippen LogP contribution in [-0.2, 0) is 4.79 Å². The number of nitro benzene ring substituents is 1. The number of fused-ring (bicyclic) bond motifs is 1. The summed E-state index contributed by atoms with van der Waals surface area (Å²) in [6.07, 6.45) is 2.91. The van der Waals surface area contributed by atoms with Crippen molar-refractivity contribution in [2.75, 3.05) is 11.9 Å². The fourth-order valence-corrected chi connectivity index (χ4v) is 5.08. The minimum absolute atomic E-state index is 0.0575. The molecule has 5 aromatic rings. The van der Waals surface area contributed by atoms with E-state index >= 15 is 0 Å². The molecule has 40 heavy (non-hydrogen) atoms. The lowest BCUT2D eigenvalue weighted by Gasteiger charge is -2.09. The van der Waals surface area contributed by atoms with Gasteiger partial charge in [-0.1, -0.05) is 11.6 Å². The third-order valence-electron chi connectivity index (χ3n) is 5.37. The molecule has 0 radical (unpaired) electrons. The van der Waals surface area contributed by atoms with Crippen LogP contribution in [0.3, 0.4) is 0 Å². The van der Waals surface area contributed by atoms with Gasteiger partial charge < -0.3 is 9.15 Å². The number of carbonyl (C=O) groups excluding carboxylic acids is 1. The Balaban J connectivity index is 1.46. The van der Waals surface area contributed by atoms with Crippen LogP contribution >= 0.6 is 34.3 Å². The number of benzene rings is 2. The summed E-state index contributed by atoms with van der Waals surface area (Å²) in [5.74, 6) is -0.347. The summed E-state index contributed by atoms with van der Waals surface area (Å²) >= 11 is 8.39. The number of thiazole rings is 2. The number of halogens is 1. The molecule has 3 heterocycles. The Morgan fingerprint density at radius 2 is 2.10 bits per heavy atom. The molecule has 1 N–H and O–H groups in total. The molecule has 0 saturated heterocycles. The van der Waals surface area contributed by atoms with Gasteiger partial charge in [-0.2, -0.15) is 5.26 Å². The minimum Gasteiger partial charge on any atom is -0.483 e. The van der Waals surface area contributed by atoms with Crippen molar-refractivity contribution in [3.8, 4) is 23.1 Å². The van der Waals surface area contributed by atoms with Gasteiger partial charge in [0, 0.05) is 45.1 Å². The number of non-ortho nitro benzene ring substituents is 1. The number of hydrogen-bond donors (Lipinski definition) is 1. The Morgan fingerprint density at radius 1 is 1.25 bits per heavy atom. The maximum atomic E-state index is 12.6. The lowest BCUT2D eigenvalue weighted by atomic mass is 10.1. The molecule has 0 aliphatic heterocycles. The number of rotatable bonds is 8. The largest absolute Gasteiger partial charge is 0.483 e. The number of anilines is 1. The number of hydrogen-bond acceptors (Lipinski definition) is 11. The predicted molar refractivity (Wildman–Crippen MR) is 151 cm³/mol. The van der Waals surface area contributed by atoms with Gasteiger partial charge in [0.25, 0.3) is 11.6 Å². The van der Waals surface area contributed by atoms with Gasteiger partial charge in [0.2, 0.25) is 0 Å². The molecule has 0 spiro atoms. The highest BCUT2D eigenvalue weighted by atomic mass is 35.5. The van der Waals surface area contributed by atoms with E-state index in [4.69, 9.17) is 20.8 Å². The van der Waals surface area contributed by atoms with Crippen LogP contribution < -0.4 is 15.7 Å². The molecule has 5 rings (SSSR count). The first-order valence-electron chi connectivity index (χ1n) is 11.2. The van der Waals surface area contributed by atoms with E-state index in [2.05, 4.69) is 15.3 Å². The third-order valence-corrected chi connectivity index (χ3v) is 7.17.